The van der Waals surface area contributed by atoms with Gasteiger partial charge in [0, 0.05) is 11.3 Å². The van der Waals surface area contributed by atoms with Gasteiger partial charge in [-0.25, -0.2) is 4.98 Å². The van der Waals surface area contributed by atoms with Crippen molar-refractivity contribution in [3.05, 3.63) is 16.1 Å². The van der Waals surface area contributed by atoms with Crippen molar-refractivity contribution in [3.8, 4) is 0 Å². The molecule has 0 aliphatic heterocycles. The molecule has 1 unspecified atom stereocenters. The van der Waals surface area contributed by atoms with Crippen LogP contribution in [0.15, 0.2) is 5.38 Å². The summed E-state index contributed by atoms with van der Waals surface area (Å²) in [4.78, 5) is 4.55. The summed E-state index contributed by atoms with van der Waals surface area (Å²) in [5.74, 6) is 0.630. The first-order chi connectivity index (χ1) is 7.48. The average molecular weight is 239 g/mol. The molecule has 0 bridgehead atoms. The molecule has 1 aromatic heterocycles. The molecular formula is C13H21NOS. The molecule has 1 aliphatic rings. The first kappa shape index (κ1) is 12.1. The molecule has 1 heterocycles. The maximum absolute atomic E-state index is 9.46. The zero-order valence-corrected chi connectivity index (χ0v) is 11.2. The minimum Gasteiger partial charge on any atom is -0.387 e. The van der Waals surface area contributed by atoms with Crippen LogP contribution < -0.4 is 0 Å². The molecule has 1 fully saturated rings. The van der Waals surface area contributed by atoms with Gasteiger partial charge < -0.3 is 5.11 Å². The van der Waals surface area contributed by atoms with Crippen LogP contribution in [-0.2, 0) is 0 Å². The largest absolute Gasteiger partial charge is 0.387 e. The fourth-order valence-electron chi connectivity index (χ4n) is 2.33. The van der Waals surface area contributed by atoms with Gasteiger partial charge in [0.15, 0.2) is 0 Å². The number of nitrogens with zero attached hydrogens (tertiary/aromatic N) is 1. The van der Waals surface area contributed by atoms with Gasteiger partial charge in [0.25, 0.3) is 0 Å². The predicted molar refractivity (Wildman–Crippen MR) is 67.7 cm³/mol. The molecule has 1 aliphatic carbocycles. The Kier molecular flexibility index (Phi) is 3.36. The van der Waals surface area contributed by atoms with E-state index in [1.165, 1.54) is 30.7 Å². The lowest BCUT2D eigenvalue weighted by Crippen LogP contribution is -2.20. The van der Waals surface area contributed by atoms with E-state index in [1.54, 1.807) is 18.3 Å². The smallest absolute Gasteiger partial charge is 0.0960 e. The minimum atomic E-state index is -0.426. The van der Waals surface area contributed by atoms with Crippen LogP contribution in [0.4, 0.5) is 0 Å². The fourth-order valence-corrected chi connectivity index (χ4v) is 3.40. The van der Waals surface area contributed by atoms with E-state index in [-0.39, 0.29) is 0 Å². The van der Waals surface area contributed by atoms with Gasteiger partial charge in [-0.2, -0.15) is 0 Å². The molecule has 16 heavy (non-hydrogen) atoms. The summed E-state index contributed by atoms with van der Waals surface area (Å²) in [6.07, 6.45) is 4.66. The molecule has 1 N–H and O–H groups in total. The normalized spacial score (nSPS) is 23.2. The second-order valence-electron chi connectivity index (χ2n) is 5.73. The van der Waals surface area contributed by atoms with E-state index in [9.17, 15) is 5.11 Å². The van der Waals surface area contributed by atoms with Gasteiger partial charge in [0.05, 0.1) is 16.8 Å². The maximum atomic E-state index is 9.46. The van der Waals surface area contributed by atoms with E-state index < -0.39 is 6.10 Å². The molecule has 0 radical (unpaired) electrons. The van der Waals surface area contributed by atoms with Gasteiger partial charge in [0.2, 0.25) is 0 Å². The van der Waals surface area contributed by atoms with Crippen molar-refractivity contribution in [1.29, 1.82) is 0 Å². The van der Waals surface area contributed by atoms with Gasteiger partial charge in [0.1, 0.15) is 0 Å². The second-order valence-corrected chi connectivity index (χ2v) is 6.61. The number of hydrogen-bond acceptors (Lipinski definition) is 3. The van der Waals surface area contributed by atoms with Crippen molar-refractivity contribution >= 4 is 11.3 Å². The standard InChI is InChI=1S/C13H21NOS/c1-9(15)11-8-16-12(14-11)10-4-6-13(2,3)7-5-10/h8-10,15H,4-7H2,1-3H3. The van der Waals surface area contributed by atoms with E-state index in [1.807, 2.05) is 5.38 Å². The van der Waals surface area contributed by atoms with Gasteiger partial charge in [-0.3, -0.25) is 0 Å². The molecule has 0 amide bonds. The quantitative estimate of drug-likeness (QED) is 0.849. The molecular weight excluding hydrogens is 218 g/mol. The van der Waals surface area contributed by atoms with E-state index >= 15 is 0 Å². The summed E-state index contributed by atoms with van der Waals surface area (Å²) in [5, 5.41) is 12.7. The highest BCUT2D eigenvalue weighted by Crippen LogP contribution is 2.43. The van der Waals surface area contributed by atoms with E-state index in [0.29, 0.717) is 11.3 Å². The topological polar surface area (TPSA) is 33.1 Å². The van der Waals surface area contributed by atoms with Crippen molar-refractivity contribution in [3.63, 3.8) is 0 Å². The Hall–Kier alpha value is -0.410. The molecule has 1 atom stereocenters. The first-order valence-electron chi connectivity index (χ1n) is 6.11. The highest BCUT2D eigenvalue weighted by atomic mass is 32.1. The Morgan fingerprint density at radius 1 is 1.44 bits per heavy atom. The Morgan fingerprint density at radius 2 is 2.06 bits per heavy atom. The van der Waals surface area contributed by atoms with Crippen molar-refractivity contribution in [2.75, 3.05) is 0 Å². The number of aliphatic hydroxyl groups excluding tert-OH is 1. The lowest BCUT2D eigenvalue weighted by Gasteiger charge is -2.33. The first-order valence-corrected chi connectivity index (χ1v) is 6.99. The van der Waals surface area contributed by atoms with Crippen LogP contribution >= 0.6 is 11.3 Å². The maximum Gasteiger partial charge on any atom is 0.0960 e. The number of aliphatic hydroxyl groups is 1. The molecule has 1 aromatic rings. The number of aromatic nitrogens is 1. The minimum absolute atomic E-state index is 0.426. The molecule has 0 saturated heterocycles. The monoisotopic (exact) mass is 239 g/mol. The van der Waals surface area contributed by atoms with Crippen LogP contribution in [0.3, 0.4) is 0 Å². The van der Waals surface area contributed by atoms with E-state index in [0.717, 1.165) is 5.69 Å². The summed E-state index contributed by atoms with van der Waals surface area (Å²) >= 11 is 1.71. The molecule has 1 saturated carbocycles. The third-order valence-corrected chi connectivity index (χ3v) is 4.68. The summed E-state index contributed by atoms with van der Waals surface area (Å²) in [6.45, 7) is 6.49. The predicted octanol–water partition coefficient (Wildman–Crippen LogP) is 3.88. The molecule has 90 valence electrons. The Morgan fingerprint density at radius 3 is 2.56 bits per heavy atom. The lowest BCUT2D eigenvalue weighted by molar-refractivity contribution is 0.194. The molecule has 0 aromatic carbocycles. The molecule has 2 rings (SSSR count). The Bertz CT molecular complexity index is 347. The Balaban J connectivity index is 2.03. The van der Waals surface area contributed by atoms with E-state index in [4.69, 9.17) is 0 Å². The third kappa shape index (κ3) is 2.64. The van der Waals surface area contributed by atoms with Crippen molar-refractivity contribution in [1.82, 2.24) is 4.98 Å². The second kappa shape index (κ2) is 4.46. The summed E-state index contributed by atoms with van der Waals surface area (Å²) in [7, 11) is 0. The number of thiazole rings is 1. The van der Waals surface area contributed by atoms with Crippen LogP contribution in [0.2, 0.25) is 0 Å². The van der Waals surface area contributed by atoms with Gasteiger partial charge >= 0.3 is 0 Å². The zero-order valence-electron chi connectivity index (χ0n) is 10.4. The molecule has 2 nitrogen and oxygen atoms in total. The van der Waals surface area contributed by atoms with Crippen molar-refractivity contribution in [2.45, 2.75) is 58.5 Å². The molecule has 0 spiro atoms. The highest BCUT2D eigenvalue weighted by Gasteiger charge is 2.29. The van der Waals surface area contributed by atoms with Crippen LogP contribution in [0.5, 0.6) is 0 Å². The summed E-state index contributed by atoms with van der Waals surface area (Å²) in [6, 6.07) is 0. The van der Waals surface area contributed by atoms with E-state index in [2.05, 4.69) is 18.8 Å². The number of rotatable bonds is 2. The highest BCUT2D eigenvalue weighted by molar-refractivity contribution is 7.09. The third-order valence-electron chi connectivity index (χ3n) is 3.66. The summed E-state index contributed by atoms with van der Waals surface area (Å²) in [5.41, 5.74) is 1.35. The van der Waals surface area contributed by atoms with Crippen LogP contribution in [0, 0.1) is 5.41 Å². The Labute approximate surface area is 102 Å². The average Bonchev–Trinajstić information content (AvgIpc) is 2.66. The van der Waals surface area contributed by atoms with Crippen LogP contribution in [0.1, 0.15) is 69.2 Å². The van der Waals surface area contributed by atoms with Gasteiger partial charge in [-0.15, -0.1) is 11.3 Å². The van der Waals surface area contributed by atoms with Crippen LogP contribution in [0.25, 0.3) is 0 Å². The zero-order chi connectivity index (χ0) is 11.8. The molecule has 3 heteroatoms. The summed E-state index contributed by atoms with van der Waals surface area (Å²) < 4.78 is 0. The fraction of sp³-hybridized carbons (Fsp3) is 0.769. The number of hydrogen-bond donors (Lipinski definition) is 1. The van der Waals surface area contributed by atoms with Gasteiger partial charge in [-0.05, 0) is 38.0 Å². The van der Waals surface area contributed by atoms with Crippen molar-refractivity contribution < 1.29 is 5.11 Å². The SMILES string of the molecule is CC(O)c1csc(C2CCC(C)(C)CC2)n1. The van der Waals surface area contributed by atoms with Crippen molar-refractivity contribution in [2.24, 2.45) is 5.41 Å². The van der Waals surface area contributed by atoms with Gasteiger partial charge in [-0.1, -0.05) is 13.8 Å². The lowest BCUT2D eigenvalue weighted by atomic mass is 9.73. The van der Waals surface area contributed by atoms with Crippen LogP contribution in [-0.4, -0.2) is 10.1 Å².